The van der Waals surface area contributed by atoms with Crippen LogP contribution in [0.2, 0.25) is 0 Å². The van der Waals surface area contributed by atoms with Crippen LogP contribution < -0.4 is 9.47 Å². The number of fused-ring (bicyclic) bond motifs is 11. The zero-order valence-corrected chi connectivity index (χ0v) is 31.0. The van der Waals surface area contributed by atoms with Crippen LogP contribution in [-0.2, 0) is 5.41 Å². The highest BCUT2D eigenvalue weighted by atomic mass is 16.5. The number of ether oxygens (including phenoxy) is 2. The zero-order valence-electron chi connectivity index (χ0n) is 31.0. The highest BCUT2D eigenvalue weighted by Crippen LogP contribution is 2.64. The predicted molar refractivity (Wildman–Crippen MR) is 228 cm³/mol. The van der Waals surface area contributed by atoms with Gasteiger partial charge in [0.15, 0.2) is 11.5 Å². The maximum Gasteiger partial charge on any atom is 0.184 e. The first kappa shape index (κ1) is 34.5. The Balaban J connectivity index is 1.26. The number of rotatable bonds is 4. The molecule has 1 atom stereocenters. The standard InChI is InChI=1S/C54H29NO2/c1-5-7-9-15-28-56-51-34-46-44-30-36(3)37(4)31-49(44)54(50(46)35-52(51)57-29-16-10-8-6-2)47-23-14-13-22-43(47)45-33-40(24-25-48(45)54)39-19-17-20-41(32-39)53-42-21-12-11-18-38(42)26-27-55-53/h1-2,11-14,17-27,30-35H,3-4H3. The smallest absolute Gasteiger partial charge is 0.184 e. The zero-order chi connectivity index (χ0) is 38.9. The first-order valence-electron chi connectivity index (χ1n) is 18.3. The Labute approximate surface area is 332 Å². The molecule has 0 fully saturated rings. The van der Waals surface area contributed by atoms with Crippen LogP contribution in [0.3, 0.4) is 0 Å². The monoisotopic (exact) mass is 723 g/mol. The van der Waals surface area contributed by atoms with Gasteiger partial charge in [-0.25, -0.2) is 0 Å². The van der Waals surface area contributed by atoms with Crippen molar-refractivity contribution < 1.29 is 9.47 Å². The van der Waals surface area contributed by atoms with Gasteiger partial charge in [0, 0.05) is 40.8 Å². The molecule has 2 aliphatic rings. The molecule has 1 aromatic heterocycles. The maximum atomic E-state index is 6.07. The highest BCUT2D eigenvalue weighted by molar-refractivity contribution is 5.98. The van der Waals surface area contributed by atoms with E-state index in [1.807, 2.05) is 18.3 Å². The second-order valence-electron chi connectivity index (χ2n) is 13.8. The van der Waals surface area contributed by atoms with Crippen molar-refractivity contribution in [3.05, 3.63) is 161 Å². The molecule has 1 unspecified atom stereocenters. The van der Waals surface area contributed by atoms with Gasteiger partial charge in [0.25, 0.3) is 0 Å². The molecule has 3 nitrogen and oxygen atoms in total. The highest BCUT2D eigenvalue weighted by Gasteiger charge is 2.52. The average molecular weight is 724 g/mol. The topological polar surface area (TPSA) is 31.4 Å². The first-order chi connectivity index (χ1) is 28.0. The van der Waals surface area contributed by atoms with Crippen LogP contribution in [0.25, 0.3) is 55.4 Å². The average Bonchev–Trinajstić information content (AvgIpc) is 3.68. The summed E-state index contributed by atoms with van der Waals surface area (Å²) in [5.74, 6) is 20.8. The Morgan fingerprint density at radius 1 is 0.491 bits per heavy atom. The van der Waals surface area contributed by atoms with Crippen LogP contribution in [-0.4, -0.2) is 4.98 Å². The van der Waals surface area contributed by atoms with Crippen LogP contribution in [0.5, 0.6) is 11.5 Å². The van der Waals surface area contributed by atoms with Gasteiger partial charge in [0.05, 0.1) is 11.1 Å². The van der Waals surface area contributed by atoms with Crippen molar-refractivity contribution >= 4 is 10.8 Å². The molecule has 6 aromatic carbocycles. The van der Waals surface area contributed by atoms with Crippen molar-refractivity contribution in [2.24, 2.45) is 0 Å². The summed E-state index contributed by atoms with van der Waals surface area (Å²) in [4.78, 5) is 4.81. The number of aryl methyl sites for hydroxylation is 2. The largest absolute Gasteiger partial charge is 0.403 e. The van der Waals surface area contributed by atoms with Crippen molar-refractivity contribution in [3.63, 3.8) is 0 Å². The number of benzene rings is 6. The first-order valence-corrected chi connectivity index (χ1v) is 18.3. The molecule has 0 radical (unpaired) electrons. The molecule has 262 valence electrons. The maximum absolute atomic E-state index is 6.07. The molecule has 9 rings (SSSR count). The Morgan fingerprint density at radius 2 is 1.12 bits per heavy atom. The van der Waals surface area contributed by atoms with E-state index in [1.165, 1.54) is 38.9 Å². The Hall–Kier alpha value is -8.31. The molecule has 0 bridgehead atoms. The van der Waals surface area contributed by atoms with Crippen LogP contribution >= 0.6 is 0 Å². The third-order valence-corrected chi connectivity index (χ3v) is 10.8. The Bertz CT molecular complexity index is 3210. The fraction of sp³-hybridized carbons (Fsp3) is 0.0556. The molecule has 3 heteroatoms. The van der Waals surface area contributed by atoms with Crippen LogP contribution in [0.15, 0.2) is 128 Å². The molecule has 0 saturated carbocycles. The van der Waals surface area contributed by atoms with Gasteiger partial charge in [-0.3, -0.25) is 4.98 Å². The summed E-state index contributed by atoms with van der Waals surface area (Å²) in [5, 5.41) is 2.29. The van der Waals surface area contributed by atoms with E-state index >= 15 is 0 Å². The van der Waals surface area contributed by atoms with Crippen molar-refractivity contribution in [3.8, 4) is 129 Å². The lowest BCUT2D eigenvalue weighted by atomic mass is 9.70. The van der Waals surface area contributed by atoms with E-state index < -0.39 is 5.41 Å². The summed E-state index contributed by atoms with van der Waals surface area (Å²) in [6, 6.07) is 43.2. The van der Waals surface area contributed by atoms with Gasteiger partial charge in [-0.2, -0.15) is 0 Å². The van der Waals surface area contributed by atoms with Gasteiger partial charge >= 0.3 is 0 Å². The molecule has 1 spiro atoms. The van der Waals surface area contributed by atoms with E-state index in [9.17, 15) is 0 Å². The summed E-state index contributed by atoms with van der Waals surface area (Å²) in [7, 11) is 0. The summed E-state index contributed by atoms with van der Waals surface area (Å²) < 4.78 is 12.0. The minimum Gasteiger partial charge on any atom is -0.403 e. The van der Waals surface area contributed by atoms with E-state index in [2.05, 4.69) is 183 Å². The van der Waals surface area contributed by atoms with Gasteiger partial charge in [-0.15, -0.1) is 12.8 Å². The van der Waals surface area contributed by atoms with Gasteiger partial charge < -0.3 is 9.47 Å². The third kappa shape index (κ3) is 5.65. The lowest BCUT2D eigenvalue weighted by Crippen LogP contribution is -2.26. The third-order valence-electron chi connectivity index (χ3n) is 10.8. The second kappa shape index (κ2) is 14.2. The molecule has 1 heterocycles. The van der Waals surface area contributed by atoms with Gasteiger partial charge in [0.2, 0.25) is 0 Å². The predicted octanol–water partition coefficient (Wildman–Crippen LogP) is 10.5. The molecule has 0 amide bonds. The number of pyridine rings is 1. The van der Waals surface area contributed by atoms with Gasteiger partial charge in [-0.05, 0) is 140 Å². The van der Waals surface area contributed by atoms with E-state index in [-0.39, 0.29) is 0 Å². The van der Waals surface area contributed by atoms with Crippen molar-refractivity contribution in [2.45, 2.75) is 19.3 Å². The summed E-state index contributed by atoms with van der Waals surface area (Å²) >= 11 is 0. The Morgan fingerprint density at radius 3 is 1.93 bits per heavy atom. The normalized spacial score (nSPS) is 13.3. The minimum absolute atomic E-state index is 0.380. The van der Waals surface area contributed by atoms with Gasteiger partial charge in [0.1, 0.15) is 12.2 Å². The molecule has 0 N–H and O–H groups in total. The lowest BCUT2D eigenvalue weighted by Gasteiger charge is -2.31. The van der Waals surface area contributed by atoms with E-state index in [0.29, 0.717) is 11.5 Å². The number of terminal acetylenes is 2. The molecular weight excluding hydrogens is 695 g/mol. The van der Waals surface area contributed by atoms with Crippen molar-refractivity contribution in [2.75, 3.05) is 0 Å². The number of nitrogens with zero attached hydrogens (tertiary/aromatic N) is 1. The van der Waals surface area contributed by atoms with E-state index in [0.717, 1.165) is 49.8 Å². The fourth-order valence-electron chi connectivity index (χ4n) is 8.33. The van der Waals surface area contributed by atoms with Crippen LogP contribution in [0, 0.1) is 86.3 Å². The molecular formula is C54H29NO2. The van der Waals surface area contributed by atoms with Crippen molar-refractivity contribution in [1.29, 1.82) is 0 Å². The van der Waals surface area contributed by atoms with Crippen LogP contribution in [0.1, 0.15) is 33.4 Å². The molecule has 0 saturated heterocycles. The summed E-state index contributed by atoms with van der Waals surface area (Å²) in [6.45, 7) is 4.31. The molecule has 57 heavy (non-hydrogen) atoms. The van der Waals surface area contributed by atoms with E-state index in [1.54, 1.807) is 0 Å². The summed E-state index contributed by atoms with van der Waals surface area (Å²) in [5.41, 5.74) is 15.0. The molecule has 0 aliphatic heterocycles. The second-order valence-corrected chi connectivity index (χ2v) is 13.8. The van der Waals surface area contributed by atoms with Crippen LogP contribution in [0.4, 0.5) is 0 Å². The lowest BCUT2D eigenvalue weighted by molar-refractivity contribution is 0.451. The van der Waals surface area contributed by atoms with E-state index in [4.69, 9.17) is 27.3 Å². The SMILES string of the molecule is C#CC#CC#COc1cc2c(cc1OC#CC#CC#C)C1(c3ccccc3-c3cc(-c4cccc(-c5nccc6ccccc56)c4)ccc31)c1cc(C)c(C)cc1-2. The Kier molecular flexibility index (Phi) is 8.56. The molecule has 2 aliphatic carbocycles. The number of hydrogen-bond acceptors (Lipinski definition) is 3. The fourth-order valence-corrected chi connectivity index (χ4v) is 8.33. The minimum atomic E-state index is -0.667. The number of hydrogen-bond donors (Lipinski definition) is 0. The number of aromatic nitrogens is 1. The quantitative estimate of drug-likeness (QED) is 0.170. The molecule has 7 aromatic rings. The van der Waals surface area contributed by atoms with Crippen molar-refractivity contribution in [1.82, 2.24) is 4.98 Å². The summed E-state index contributed by atoms with van der Waals surface area (Å²) in [6.07, 6.45) is 17.8. The van der Waals surface area contributed by atoms with Gasteiger partial charge in [-0.1, -0.05) is 91.0 Å².